The van der Waals surface area contributed by atoms with Crippen molar-refractivity contribution in [2.24, 2.45) is 0 Å². The minimum atomic E-state index is -0.0258. The van der Waals surface area contributed by atoms with Crippen molar-refractivity contribution in [2.45, 2.75) is 0 Å². The molecule has 0 bridgehead atoms. The van der Waals surface area contributed by atoms with Gasteiger partial charge in [-0.2, -0.15) is 5.10 Å². The molecular formula is C14H10N2O. The molecule has 0 spiro atoms. The average molecular weight is 222 g/mol. The number of fused-ring (bicyclic) bond motifs is 1. The Kier molecular flexibility index (Phi) is 2.22. The van der Waals surface area contributed by atoms with Gasteiger partial charge in [-0.3, -0.25) is 0 Å². The number of hydrogen-bond acceptors (Lipinski definition) is 3. The van der Waals surface area contributed by atoms with Crippen molar-refractivity contribution in [3.8, 4) is 17.0 Å². The first kappa shape index (κ1) is 9.78. The van der Waals surface area contributed by atoms with Gasteiger partial charge in [-0.05, 0) is 23.3 Å². The molecule has 3 nitrogen and oxygen atoms in total. The van der Waals surface area contributed by atoms with Crippen LogP contribution in [0.15, 0.2) is 54.7 Å². The quantitative estimate of drug-likeness (QED) is 0.688. The summed E-state index contributed by atoms with van der Waals surface area (Å²) in [6, 6.07) is 15.9. The molecule has 3 heteroatoms. The molecule has 0 unspecified atom stereocenters. The van der Waals surface area contributed by atoms with E-state index in [0.717, 1.165) is 21.9 Å². The normalized spacial score (nSPS) is 10.6. The molecule has 82 valence electrons. The van der Waals surface area contributed by atoms with Crippen LogP contribution in [0, 0.1) is 0 Å². The first-order valence-corrected chi connectivity index (χ1v) is 5.34. The molecule has 1 N–H and O–H groups in total. The Morgan fingerprint density at radius 1 is 0.882 bits per heavy atom. The summed E-state index contributed by atoms with van der Waals surface area (Å²) in [5.41, 5.74) is 2.25. The van der Waals surface area contributed by atoms with Crippen LogP contribution < -0.4 is 0 Å². The van der Waals surface area contributed by atoms with Gasteiger partial charge in [-0.1, -0.05) is 36.4 Å². The summed E-state index contributed by atoms with van der Waals surface area (Å²) in [6.07, 6.45) is 1.65. The Bertz CT molecular complexity index is 665. The zero-order valence-corrected chi connectivity index (χ0v) is 9.04. The van der Waals surface area contributed by atoms with Gasteiger partial charge in [0.25, 0.3) is 0 Å². The maximum atomic E-state index is 9.56. The van der Waals surface area contributed by atoms with Crippen LogP contribution in [-0.2, 0) is 0 Å². The molecule has 17 heavy (non-hydrogen) atoms. The molecule has 0 aliphatic rings. The van der Waals surface area contributed by atoms with E-state index in [4.69, 9.17) is 0 Å². The second-order valence-electron chi connectivity index (χ2n) is 3.84. The van der Waals surface area contributed by atoms with E-state index in [0.29, 0.717) is 0 Å². The maximum Gasteiger partial charge on any atom is 0.238 e. The lowest BCUT2D eigenvalue weighted by Crippen LogP contribution is -1.84. The molecular weight excluding hydrogens is 212 g/mol. The highest BCUT2D eigenvalue weighted by atomic mass is 16.3. The minimum Gasteiger partial charge on any atom is -0.492 e. The zero-order valence-electron chi connectivity index (χ0n) is 9.04. The topological polar surface area (TPSA) is 46.0 Å². The fourth-order valence-corrected chi connectivity index (χ4v) is 1.88. The van der Waals surface area contributed by atoms with Gasteiger partial charge in [0.15, 0.2) is 0 Å². The third-order valence-corrected chi connectivity index (χ3v) is 2.75. The van der Waals surface area contributed by atoms with Gasteiger partial charge in [0.2, 0.25) is 5.88 Å². The smallest absolute Gasteiger partial charge is 0.238 e. The van der Waals surface area contributed by atoms with E-state index in [9.17, 15) is 5.11 Å². The zero-order chi connectivity index (χ0) is 11.7. The standard InChI is InChI=1S/C14H10N2O/c17-14-13-7-6-11(8-12(13)9-15-16-14)10-4-2-1-3-5-10/h1-9H,(H,16,17). The van der Waals surface area contributed by atoms with Crippen molar-refractivity contribution in [3.63, 3.8) is 0 Å². The van der Waals surface area contributed by atoms with Crippen LogP contribution in [0.25, 0.3) is 21.9 Å². The Morgan fingerprint density at radius 3 is 2.53 bits per heavy atom. The van der Waals surface area contributed by atoms with Crippen LogP contribution >= 0.6 is 0 Å². The van der Waals surface area contributed by atoms with Crippen LogP contribution in [0.2, 0.25) is 0 Å². The van der Waals surface area contributed by atoms with Crippen molar-refractivity contribution in [1.82, 2.24) is 10.2 Å². The summed E-state index contributed by atoms with van der Waals surface area (Å²) in [5.74, 6) is -0.0258. The number of aromatic hydroxyl groups is 1. The van der Waals surface area contributed by atoms with E-state index in [1.807, 2.05) is 36.4 Å². The van der Waals surface area contributed by atoms with Crippen LogP contribution in [0.5, 0.6) is 5.88 Å². The number of aromatic nitrogens is 2. The molecule has 3 aromatic rings. The lowest BCUT2D eigenvalue weighted by molar-refractivity contribution is 0.452. The second kappa shape index (κ2) is 3.87. The van der Waals surface area contributed by atoms with Crippen LogP contribution in [0.3, 0.4) is 0 Å². The molecule has 0 amide bonds. The first-order chi connectivity index (χ1) is 8.34. The predicted octanol–water partition coefficient (Wildman–Crippen LogP) is 3.00. The third-order valence-electron chi connectivity index (χ3n) is 2.75. The highest BCUT2D eigenvalue weighted by Crippen LogP contribution is 2.26. The summed E-state index contributed by atoms with van der Waals surface area (Å²) in [5, 5.41) is 18.5. The van der Waals surface area contributed by atoms with Crippen LogP contribution in [0.1, 0.15) is 0 Å². The summed E-state index contributed by atoms with van der Waals surface area (Å²) in [4.78, 5) is 0. The van der Waals surface area contributed by atoms with Gasteiger partial charge in [0.1, 0.15) is 0 Å². The number of benzene rings is 2. The lowest BCUT2D eigenvalue weighted by Gasteiger charge is -2.04. The fraction of sp³-hybridized carbons (Fsp3) is 0. The molecule has 0 aliphatic carbocycles. The third kappa shape index (κ3) is 1.72. The number of hydrogen-bond donors (Lipinski definition) is 1. The van der Waals surface area contributed by atoms with E-state index in [1.54, 1.807) is 6.20 Å². The fourth-order valence-electron chi connectivity index (χ4n) is 1.88. The van der Waals surface area contributed by atoms with Gasteiger partial charge in [0, 0.05) is 10.8 Å². The van der Waals surface area contributed by atoms with Gasteiger partial charge in [-0.25, -0.2) is 0 Å². The van der Waals surface area contributed by atoms with Gasteiger partial charge in [0.05, 0.1) is 6.20 Å². The van der Waals surface area contributed by atoms with E-state index in [-0.39, 0.29) is 5.88 Å². The summed E-state index contributed by atoms with van der Waals surface area (Å²) >= 11 is 0. The van der Waals surface area contributed by atoms with Crippen molar-refractivity contribution in [1.29, 1.82) is 0 Å². The molecule has 0 saturated heterocycles. The SMILES string of the molecule is Oc1nncc2cc(-c3ccccc3)ccc12. The summed E-state index contributed by atoms with van der Waals surface area (Å²) in [6.45, 7) is 0. The molecule has 1 heterocycles. The Labute approximate surface area is 98.4 Å². The van der Waals surface area contributed by atoms with Gasteiger partial charge in [-0.15, -0.1) is 5.10 Å². The van der Waals surface area contributed by atoms with Gasteiger partial charge < -0.3 is 5.11 Å². The van der Waals surface area contributed by atoms with Gasteiger partial charge >= 0.3 is 0 Å². The van der Waals surface area contributed by atoms with Crippen LogP contribution in [0.4, 0.5) is 0 Å². The van der Waals surface area contributed by atoms with E-state index < -0.39 is 0 Å². The molecule has 0 saturated carbocycles. The summed E-state index contributed by atoms with van der Waals surface area (Å²) in [7, 11) is 0. The Hall–Kier alpha value is -2.42. The molecule has 2 aromatic carbocycles. The highest BCUT2D eigenvalue weighted by molar-refractivity contribution is 5.89. The van der Waals surface area contributed by atoms with Crippen molar-refractivity contribution < 1.29 is 5.11 Å². The van der Waals surface area contributed by atoms with Crippen molar-refractivity contribution in [3.05, 3.63) is 54.7 Å². The second-order valence-corrected chi connectivity index (χ2v) is 3.84. The number of rotatable bonds is 1. The lowest BCUT2D eigenvalue weighted by atomic mass is 10.0. The molecule has 1 aromatic heterocycles. The average Bonchev–Trinajstić information content (AvgIpc) is 2.40. The van der Waals surface area contributed by atoms with E-state index in [1.165, 1.54) is 0 Å². The Morgan fingerprint density at radius 2 is 1.71 bits per heavy atom. The Balaban J connectivity index is 2.21. The predicted molar refractivity (Wildman–Crippen MR) is 66.6 cm³/mol. The largest absolute Gasteiger partial charge is 0.492 e. The highest BCUT2D eigenvalue weighted by Gasteiger charge is 2.03. The molecule has 0 atom stereocenters. The minimum absolute atomic E-state index is 0.0258. The van der Waals surface area contributed by atoms with Crippen molar-refractivity contribution in [2.75, 3.05) is 0 Å². The van der Waals surface area contributed by atoms with E-state index >= 15 is 0 Å². The van der Waals surface area contributed by atoms with E-state index in [2.05, 4.69) is 22.3 Å². The van der Waals surface area contributed by atoms with Crippen LogP contribution in [-0.4, -0.2) is 15.3 Å². The monoisotopic (exact) mass is 222 g/mol. The number of nitrogens with zero attached hydrogens (tertiary/aromatic N) is 2. The molecule has 3 rings (SSSR count). The molecule has 0 aliphatic heterocycles. The first-order valence-electron chi connectivity index (χ1n) is 5.34. The summed E-state index contributed by atoms with van der Waals surface area (Å²) < 4.78 is 0. The van der Waals surface area contributed by atoms with Crippen molar-refractivity contribution >= 4 is 10.8 Å². The molecule has 0 radical (unpaired) electrons. The molecule has 0 fully saturated rings. The maximum absolute atomic E-state index is 9.56.